The third-order valence-corrected chi connectivity index (χ3v) is 2.09. The Bertz CT molecular complexity index is 399. The SMILES string of the molecule is COC(=O)Cc1cc(C)ccc1C(N)=O. The normalized spacial score (nSPS) is 9.73. The number of methoxy groups -OCH3 is 1. The molecule has 80 valence electrons. The van der Waals surface area contributed by atoms with Crippen molar-refractivity contribution in [1.29, 1.82) is 0 Å². The second-order valence-electron chi connectivity index (χ2n) is 3.28. The van der Waals surface area contributed by atoms with Gasteiger partial charge in [0, 0.05) is 5.56 Å². The van der Waals surface area contributed by atoms with Crippen molar-refractivity contribution in [2.45, 2.75) is 13.3 Å². The smallest absolute Gasteiger partial charge is 0.310 e. The van der Waals surface area contributed by atoms with Crippen molar-refractivity contribution < 1.29 is 14.3 Å². The first-order valence-electron chi connectivity index (χ1n) is 4.50. The van der Waals surface area contributed by atoms with E-state index in [0.29, 0.717) is 11.1 Å². The fourth-order valence-corrected chi connectivity index (χ4v) is 1.34. The van der Waals surface area contributed by atoms with Crippen molar-refractivity contribution >= 4 is 11.9 Å². The van der Waals surface area contributed by atoms with Crippen molar-refractivity contribution in [3.8, 4) is 0 Å². The molecule has 0 aliphatic rings. The van der Waals surface area contributed by atoms with Crippen molar-refractivity contribution in [3.63, 3.8) is 0 Å². The summed E-state index contributed by atoms with van der Waals surface area (Å²) in [4.78, 5) is 22.2. The number of rotatable bonds is 3. The minimum atomic E-state index is -0.533. The van der Waals surface area contributed by atoms with Gasteiger partial charge in [-0.3, -0.25) is 9.59 Å². The first kappa shape index (κ1) is 11.2. The summed E-state index contributed by atoms with van der Waals surface area (Å²) in [5.41, 5.74) is 7.13. The lowest BCUT2D eigenvalue weighted by atomic mass is 10.0. The maximum Gasteiger partial charge on any atom is 0.310 e. The Hall–Kier alpha value is -1.84. The van der Waals surface area contributed by atoms with Gasteiger partial charge in [-0.05, 0) is 18.6 Å². The minimum Gasteiger partial charge on any atom is -0.469 e. The number of carbonyl (C=O) groups excluding carboxylic acids is 2. The Morgan fingerprint density at radius 2 is 2.07 bits per heavy atom. The van der Waals surface area contributed by atoms with E-state index in [-0.39, 0.29) is 12.4 Å². The van der Waals surface area contributed by atoms with Crippen LogP contribution in [0.3, 0.4) is 0 Å². The third-order valence-electron chi connectivity index (χ3n) is 2.09. The standard InChI is InChI=1S/C11H13NO3/c1-7-3-4-9(11(12)14)8(5-7)6-10(13)15-2/h3-5H,6H2,1-2H3,(H2,12,14). The summed E-state index contributed by atoms with van der Waals surface area (Å²) in [6, 6.07) is 5.16. The molecule has 2 N–H and O–H groups in total. The summed E-state index contributed by atoms with van der Waals surface area (Å²) >= 11 is 0. The molecule has 0 bridgehead atoms. The van der Waals surface area contributed by atoms with E-state index >= 15 is 0 Å². The Kier molecular flexibility index (Phi) is 3.44. The number of hydrogen-bond acceptors (Lipinski definition) is 3. The van der Waals surface area contributed by atoms with Crippen molar-refractivity contribution in [2.75, 3.05) is 7.11 Å². The quantitative estimate of drug-likeness (QED) is 0.745. The number of amides is 1. The van der Waals surface area contributed by atoms with E-state index in [1.54, 1.807) is 18.2 Å². The van der Waals surface area contributed by atoms with Gasteiger partial charge < -0.3 is 10.5 Å². The molecule has 0 atom stereocenters. The zero-order chi connectivity index (χ0) is 11.4. The van der Waals surface area contributed by atoms with Gasteiger partial charge in [-0.2, -0.15) is 0 Å². The van der Waals surface area contributed by atoms with Crippen LogP contribution in [0.2, 0.25) is 0 Å². The molecule has 0 spiro atoms. The van der Waals surface area contributed by atoms with Crippen LogP contribution in [0.1, 0.15) is 21.5 Å². The average Bonchev–Trinajstić information content (AvgIpc) is 2.17. The zero-order valence-corrected chi connectivity index (χ0v) is 8.74. The number of nitrogens with two attached hydrogens (primary N) is 1. The number of esters is 1. The maximum absolute atomic E-state index is 11.1. The highest BCUT2D eigenvalue weighted by Crippen LogP contribution is 2.12. The van der Waals surface area contributed by atoms with Gasteiger partial charge in [-0.25, -0.2) is 0 Å². The molecular weight excluding hydrogens is 194 g/mol. The third kappa shape index (κ3) is 2.80. The van der Waals surface area contributed by atoms with Crippen LogP contribution in [0.5, 0.6) is 0 Å². The summed E-state index contributed by atoms with van der Waals surface area (Å²) in [6.45, 7) is 1.88. The summed E-state index contributed by atoms with van der Waals surface area (Å²) in [7, 11) is 1.31. The van der Waals surface area contributed by atoms with Gasteiger partial charge in [0.25, 0.3) is 0 Å². The van der Waals surface area contributed by atoms with Crippen LogP contribution in [-0.4, -0.2) is 19.0 Å². The second-order valence-corrected chi connectivity index (χ2v) is 3.28. The molecule has 0 saturated heterocycles. The van der Waals surface area contributed by atoms with Crippen molar-refractivity contribution in [1.82, 2.24) is 0 Å². The van der Waals surface area contributed by atoms with E-state index in [1.165, 1.54) is 7.11 Å². The highest BCUT2D eigenvalue weighted by atomic mass is 16.5. The molecular formula is C11H13NO3. The van der Waals surface area contributed by atoms with Gasteiger partial charge in [-0.1, -0.05) is 17.7 Å². The largest absolute Gasteiger partial charge is 0.469 e. The Labute approximate surface area is 88.0 Å². The first-order valence-corrected chi connectivity index (χ1v) is 4.50. The molecule has 1 aromatic carbocycles. The zero-order valence-electron chi connectivity index (χ0n) is 8.74. The van der Waals surface area contributed by atoms with Crippen LogP contribution in [0.25, 0.3) is 0 Å². The first-order chi connectivity index (χ1) is 7.04. The predicted octanol–water partition coefficient (Wildman–Crippen LogP) is 0.809. The lowest BCUT2D eigenvalue weighted by molar-refractivity contribution is -0.139. The molecule has 1 amide bonds. The molecule has 0 saturated carbocycles. The maximum atomic E-state index is 11.1. The van der Waals surface area contributed by atoms with Crippen LogP contribution in [0, 0.1) is 6.92 Å². The molecule has 1 aromatic rings. The molecule has 0 radical (unpaired) electrons. The minimum absolute atomic E-state index is 0.0659. The highest BCUT2D eigenvalue weighted by molar-refractivity contribution is 5.95. The van der Waals surface area contributed by atoms with Crippen LogP contribution in [0.15, 0.2) is 18.2 Å². The highest BCUT2D eigenvalue weighted by Gasteiger charge is 2.11. The van der Waals surface area contributed by atoms with E-state index < -0.39 is 5.91 Å². The van der Waals surface area contributed by atoms with Crippen LogP contribution < -0.4 is 5.73 Å². The van der Waals surface area contributed by atoms with E-state index in [9.17, 15) is 9.59 Å². The van der Waals surface area contributed by atoms with Gasteiger partial charge in [0.15, 0.2) is 0 Å². The number of hydrogen-bond donors (Lipinski definition) is 1. The van der Waals surface area contributed by atoms with E-state index in [4.69, 9.17) is 5.73 Å². The lowest BCUT2D eigenvalue weighted by Crippen LogP contribution is -2.16. The fourth-order valence-electron chi connectivity index (χ4n) is 1.34. The number of aryl methyl sites for hydroxylation is 1. The molecule has 0 unspecified atom stereocenters. The molecule has 4 nitrogen and oxygen atoms in total. The lowest BCUT2D eigenvalue weighted by Gasteiger charge is -2.06. The van der Waals surface area contributed by atoms with E-state index in [2.05, 4.69) is 4.74 Å². The van der Waals surface area contributed by atoms with E-state index in [1.807, 2.05) is 6.92 Å². The number of carbonyl (C=O) groups is 2. The molecule has 0 aliphatic carbocycles. The van der Waals surface area contributed by atoms with E-state index in [0.717, 1.165) is 5.56 Å². The molecule has 1 rings (SSSR count). The second kappa shape index (κ2) is 4.59. The van der Waals surface area contributed by atoms with Gasteiger partial charge in [0.05, 0.1) is 13.5 Å². The molecule has 0 fully saturated rings. The summed E-state index contributed by atoms with van der Waals surface area (Å²) in [5, 5.41) is 0. The molecule has 0 heterocycles. The summed E-state index contributed by atoms with van der Waals surface area (Å²) in [6.07, 6.45) is 0.0659. The molecule has 4 heteroatoms. The summed E-state index contributed by atoms with van der Waals surface area (Å²) < 4.78 is 4.54. The van der Waals surface area contributed by atoms with Crippen LogP contribution in [-0.2, 0) is 16.0 Å². The Morgan fingerprint density at radius 3 is 2.60 bits per heavy atom. The Balaban J connectivity index is 3.07. The molecule has 15 heavy (non-hydrogen) atoms. The topological polar surface area (TPSA) is 69.4 Å². The van der Waals surface area contributed by atoms with Crippen molar-refractivity contribution in [2.24, 2.45) is 5.73 Å². The Morgan fingerprint density at radius 1 is 1.40 bits per heavy atom. The van der Waals surface area contributed by atoms with Gasteiger partial charge in [0.1, 0.15) is 0 Å². The van der Waals surface area contributed by atoms with Crippen molar-refractivity contribution in [3.05, 3.63) is 34.9 Å². The number of ether oxygens (including phenoxy) is 1. The fraction of sp³-hybridized carbons (Fsp3) is 0.273. The molecule has 0 aromatic heterocycles. The average molecular weight is 207 g/mol. The van der Waals surface area contributed by atoms with Crippen LogP contribution >= 0.6 is 0 Å². The summed E-state index contributed by atoms with van der Waals surface area (Å²) in [5.74, 6) is -0.919. The molecule has 0 aliphatic heterocycles. The van der Waals surface area contributed by atoms with Crippen LogP contribution in [0.4, 0.5) is 0 Å². The monoisotopic (exact) mass is 207 g/mol. The van der Waals surface area contributed by atoms with Gasteiger partial charge >= 0.3 is 5.97 Å². The number of primary amides is 1. The van der Waals surface area contributed by atoms with Gasteiger partial charge in [0.2, 0.25) is 5.91 Å². The van der Waals surface area contributed by atoms with Gasteiger partial charge in [-0.15, -0.1) is 0 Å². The number of benzene rings is 1. The predicted molar refractivity (Wildman–Crippen MR) is 55.4 cm³/mol.